The molecule has 5 heteroatoms. The van der Waals surface area contributed by atoms with Crippen LogP contribution in [-0.4, -0.2) is 23.5 Å². The predicted octanol–water partition coefficient (Wildman–Crippen LogP) is 2.18. The number of hydrogen-bond acceptors (Lipinski definition) is 5. The second-order valence-corrected chi connectivity index (χ2v) is 5.40. The highest BCUT2D eigenvalue weighted by molar-refractivity contribution is 7.09. The van der Waals surface area contributed by atoms with Crippen molar-refractivity contribution in [1.29, 1.82) is 0 Å². The summed E-state index contributed by atoms with van der Waals surface area (Å²) < 4.78 is 5.56. The van der Waals surface area contributed by atoms with Gasteiger partial charge in [0.1, 0.15) is 11.5 Å². The van der Waals surface area contributed by atoms with E-state index in [1.165, 1.54) is 0 Å². The van der Waals surface area contributed by atoms with Crippen LogP contribution in [0.3, 0.4) is 0 Å². The standard InChI is InChI=1S/C13H19N3OS/c1-10-3-4-12(17-10)8-16(2)7-11-9-18-13(15-11)5-6-14/h3-4,9H,5-8,14H2,1-2H3. The van der Waals surface area contributed by atoms with Crippen molar-refractivity contribution in [3.63, 3.8) is 0 Å². The molecule has 2 N–H and O–H groups in total. The van der Waals surface area contributed by atoms with Crippen molar-refractivity contribution in [2.45, 2.75) is 26.4 Å². The fourth-order valence-corrected chi connectivity index (χ4v) is 2.63. The lowest BCUT2D eigenvalue weighted by atomic mass is 10.3. The third-order valence-corrected chi connectivity index (χ3v) is 3.57. The molecular weight excluding hydrogens is 246 g/mol. The quantitative estimate of drug-likeness (QED) is 0.869. The number of nitrogens with two attached hydrogens (primary N) is 1. The second-order valence-electron chi connectivity index (χ2n) is 4.46. The Hall–Kier alpha value is -1.17. The molecule has 18 heavy (non-hydrogen) atoms. The van der Waals surface area contributed by atoms with Crippen molar-refractivity contribution in [2.75, 3.05) is 13.6 Å². The lowest BCUT2D eigenvalue weighted by molar-refractivity contribution is 0.282. The summed E-state index contributed by atoms with van der Waals surface area (Å²) in [5.74, 6) is 1.95. The van der Waals surface area contributed by atoms with Gasteiger partial charge in [-0.15, -0.1) is 11.3 Å². The fraction of sp³-hybridized carbons (Fsp3) is 0.462. The Balaban J connectivity index is 1.88. The smallest absolute Gasteiger partial charge is 0.118 e. The minimum Gasteiger partial charge on any atom is -0.465 e. The topological polar surface area (TPSA) is 55.3 Å². The Morgan fingerprint density at radius 3 is 2.89 bits per heavy atom. The van der Waals surface area contributed by atoms with E-state index >= 15 is 0 Å². The molecule has 2 rings (SSSR count). The predicted molar refractivity (Wildman–Crippen MR) is 73.5 cm³/mol. The zero-order chi connectivity index (χ0) is 13.0. The van der Waals surface area contributed by atoms with Crippen molar-refractivity contribution < 1.29 is 4.42 Å². The third kappa shape index (κ3) is 3.66. The summed E-state index contributed by atoms with van der Waals surface area (Å²) in [6.07, 6.45) is 0.867. The van der Waals surface area contributed by atoms with Crippen molar-refractivity contribution in [1.82, 2.24) is 9.88 Å². The van der Waals surface area contributed by atoms with Gasteiger partial charge in [0.15, 0.2) is 0 Å². The van der Waals surface area contributed by atoms with Crippen LogP contribution in [0.5, 0.6) is 0 Å². The normalized spacial score (nSPS) is 11.3. The molecule has 0 aliphatic carbocycles. The van der Waals surface area contributed by atoms with E-state index in [2.05, 4.69) is 22.3 Å². The van der Waals surface area contributed by atoms with Crippen molar-refractivity contribution in [2.24, 2.45) is 5.73 Å². The molecule has 0 bridgehead atoms. The van der Waals surface area contributed by atoms with E-state index < -0.39 is 0 Å². The first-order valence-electron chi connectivity index (χ1n) is 6.04. The first-order chi connectivity index (χ1) is 8.67. The number of hydrogen-bond donors (Lipinski definition) is 1. The molecule has 0 atom stereocenters. The molecule has 0 radical (unpaired) electrons. The molecule has 0 aliphatic rings. The lowest BCUT2D eigenvalue weighted by Gasteiger charge is -2.13. The first kappa shape index (κ1) is 13.3. The molecule has 0 aromatic carbocycles. The zero-order valence-electron chi connectivity index (χ0n) is 10.8. The Labute approximate surface area is 111 Å². The van der Waals surface area contributed by atoms with E-state index in [9.17, 15) is 0 Å². The minimum atomic E-state index is 0.661. The highest BCUT2D eigenvalue weighted by Crippen LogP contribution is 2.14. The lowest BCUT2D eigenvalue weighted by Crippen LogP contribution is -2.17. The number of aromatic nitrogens is 1. The van der Waals surface area contributed by atoms with E-state index in [0.717, 1.165) is 41.7 Å². The first-order valence-corrected chi connectivity index (χ1v) is 6.92. The largest absolute Gasteiger partial charge is 0.465 e. The summed E-state index contributed by atoms with van der Waals surface area (Å²) in [4.78, 5) is 6.75. The molecule has 0 amide bonds. The van der Waals surface area contributed by atoms with Crippen LogP contribution in [-0.2, 0) is 19.5 Å². The Kier molecular flexibility index (Phi) is 4.52. The van der Waals surface area contributed by atoms with Crippen LogP contribution in [0, 0.1) is 6.92 Å². The monoisotopic (exact) mass is 265 g/mol. The summed E-state index contributed by atoms with van der Waals surface area (Å²) in [6, 6.07) is 4.01. The summed E-state index contributed by atoms with van der Waals surface area (Å²) in [5, 5.41) is 3.23. The van der Waals surface area contributed by atoms with Gasteiger partial charge in [0.2, 0.25) is 0 Å². The van der Waals surface area contributed by atoms with Gasteiger partial charge < -0.3 is 10.2 Å². The Morgan fingerprint density at radius 2 is 2.22 bits per heavy atom. The van der Waals surface area contributed by atoms with E-state index in [-0.39, 0.29) is 0 Å². The Morgan fingerprint density at radius 1 is 1.39 bits per heavy atom. The summed E-state index contributed by atoms with van der Waals surface area (Å²) in [7, 11) is 2.07. The number of thiazole rings is 1. The van der Waals surface area contributed by atoms with Gasteiger partial charge in [-0.25, -0.2) is 4.98 Å². The second kappa shape index (κ2) is 6.13. The molecule has 0 spiro atoms. The average Bonchev–Trinajstić information content (AvgIpc) is 2.89. The Bertz CT molecular complexity index is 492. The SMILES string of the molecule is Cc1ccc(CN(C)Cc2csc(CCN)n2)o1. The average molecular weight is 265 g/mol. The van der Waals surface area contributed by atoms with Crippen LogP contribution >= 0.6 is 11.3 Å². The van der Waals surface area contributed by atoms with Crippen LogP contribution in [0.1, 0.15) is 22.2 Å². The molecule has 0 unspecified atom stereocenters. The highest BCUT2D eigenvalue weighted by Gasteiger charge is 2.07. The van der Waals surface area contributed by atoms with E-state index in [0.29, 0.717) is 6.54 Å². The summed E-state index contributed by atoms with van der Waals surface area (Å²) in [6.45, 7) is 4.26. The van der Waals surface area contributed by atoms with E-state index in [1.807, 2.05) is 19.1 Å². The van der Waals surface area contributed by atoms with Crippen molar-refractivity contribution in [3.8, 4) is 0 Å². The zero-order valence-corrected chi connectivity index (χ0v) is 11.7. The molecule has 98 valence electrons. The maximum atomic E-state index is 5.56. The van der Waals surface area contributed by atoms with Crippen molar-refractivity contribution >= 4 is 11.3 Å². The van der Waals surface area contributed by atoms with Crippen LogP contribution in [0.25, 0.3) is 0 Å². The van der Waals surface area contributed by atoms with Gasteiger partial charge in [-0.1, -0.05) is 0 Å². The molecule has 2 heterocycles. The number of aryl methyl sites for hydroxylation is 1. The molecule has 0 aliphatic heterocycles. The van der Waals surface area contributed by atoms with Gasteiger partial charge in [-0.2, -0.15) is 0 Å². The fourth-order valence-electron chi connectivity index (χ4n) is 1.83. The van der Waals surface area contributed by atoms with Crippen LogP contribution in [0.15, 0.2) is 21.9 Å². The maximum Gasteiger partial charge on any atom is 0.118 e. The van der Waals surface area contributed by atoms with Gasteiger partial charge in [-0.3, -0.25) is 4.90 Å². The molecule has 0 fully saturated rings. The van der Waals surface area contributed by atoms with Gasteiger partial charge in [0.25, 0.3) is 0 Å². The number of rotatable bonds is 6. The van der Waals surface area contributed by atoms with Gasteiger partial charge in [-0.05, 0) is 32.6 Å². The third-order valence-electron chi connectivity index (χ3n) is 2.61. The van der Waals surface area contributed by atoms with Gasteiger partial charge in [0.05, 0.1) is 17.2 Å². The summed E-state index contributed by atoms with van der Waals surface area (Å²) >= 11 is 1.69. The van der Waals surface area contributed by atoms with Crippen molar-refractivity contribution in [3.05, 3.63) is 39.7 Å². The van der Waals surface area contributed by atoms with Crippen LogP contribution < -0.4 is 5.73 Å². The maximum absolute atomic E-state index is 5.56. The molecule has 2 aromatic rings. The number of nitrogens with zero attached hydrogens (tertiary/aromatic N) is 2. The molecular formula is C13H19N3OS. The van der Waals surface area contributed by atoms with Gasteiger partial charge >= 0.3 is 0 Å². The minimum absolute atomic E-state index is 0.661. The van der Waals surface area contributed by atoms with E-state index in [4.69, 9.17) is 10.2 Å². The van der Waals surface area contributed by atoms with Crippen LogP contribution in [0.4, 0.5) is 0 Å². The summed E-state index contributed by atoms with van der Waals surface area (Å²) in [5.41, 5.74) is 6.63. The molecule has 2 aromatic heterocycles. The molecule has 0 saturated heterocycles. The highest BCUT2D eigenvalue weighted by atomic mass is 32.1. The van der Waals surface area contributed by atoms with Gasteiger partial charge in [0, 0.05) is 18.3 Å². The molecule has 4 nitrogen and oxygen atoms in total. The van der Waals surface area contributed by atoms with Crippen LogP contribution in [0.2, 0.25) is 0 Å². The number of furan rings is 1. The molecule has 0 saturated carbocycles. The van der Waals surface area contributed by atoms with E-state index in [1.54, 1.807) is 11.3 Å².